The summed E-state index contributed by atoms with van der Waals surface area (Å²) in [5, 5.41) is 31.2. The van der Waals surface area contributed by atoms with Crippen molar-refractivity contribution in [2.45, 2.75) is 38.0 Å². The largest absolute Gasteiger partial charge is 0.603 e. The summed E-state index contributed by atoms with van der Waals surface area (Å²) in [6, 6.07) is 16.1. The van der Waals surface area contributed by atoms with E-state index in [0.717, 1.165) is 54.6 Å². The summed E-state index contributed by atoms with van der Waals surface area (Å²) < 4.78 is -0.933. The first-order chi connectivity index (χ1) is 15.0. The number of aliphatic hydroxyl groups excluding tert-OH is 1. The molecule has 0 spiro atoms. The molecule has 0 bridgehead atoms. The first-order valence-corrected chi connectivity index (χ1v) is 11.2. The lowest BCUT2D eigenvalue weighted by molar-refractivity contribution is -0.924. The Bertz CT molecular complexity index is 959. The summed E-state index contributed by atoms with van der Waals surface area (Å²) in [5.74, 6) is -0.340. The van der Waals surface area contributed by atoms with Gasteiger partial charge in [-0.15, -0.1) is 0 Å². The summed E-state index contributed by atoms with van der Waals surface area (Å²) in [6.07, 6.45) is 2.56. The number of quaternary nitrogens is 1. The second-order valence-electron chi connectivity index (χ2n) is 8.97. The molecule has 2 aromatic carbocycles. The average Bonchev–Trinajstić information content (AvgIpc) is 3.45. The van der Waals surface area contributed by atoms with Gasteiger partial charge in [0.1, 0.15) is 12.6 Å². The number of hydrogen-bond acceptors (Lipinski definition) is 6. The van der Waals surface area contributed by atoms with Gasteiger partial charge < -0.3 is 15.6 Å². The van der Waals surface area contributed by atoms with Crippen molar-refractivity contribution in [3.05, 3.63) is 64.9 Å². The molecule has 5 rings (SSSR count). The third kappa shape index (κ3) is 3.61. The molecule has 2 aliphatic heterocycles. The highest BCUT2D eigenvalue weighted by Gasteiger charge is 2.55. The number of hydroxylamine groups is 2. The van der Waals surface area contributed by atoms with Gasteiger partial charge >= 0.3 is 5.91 Å². The maximum atomic E-state index is 13.8. The molecule has 0 aromatic heterocycles. The highest BCUT2D eigenvalue weighted by molar-refractivity contribution is 5.74. The van der Waals surface area contributed by atoms with Crippen molar-refractivity contribution in [1.29, 1.82) is 0 Å². The van der Waals surface area contributed by atoms with Crippen molar-refractivity contribution in [3.8, 4) is 11.1 Å². The molecule has 0 radical (unpaired) electrons. The van der Waals surface area contributed by atoms with Crippen LogP contribution >= 0.6 is 0 Å². The summed E-state index contributed by atoms with van der Waals surface area (Å²) >= 11 is 0. The Balaban J connectivity index is 1.54. The van der Waals surface area contributed by atoms with E-state index in [9.17, 15) is 15.1 Å². The number of benzene rings is 2. The molecule has 3 fully saturated rings. The number of amides is 1. The lowest BCUT2D eigenvalue weighted by atomic mass is 9.94. The number of hydrazine groups is 1. The van der Waals surface area contributed by atoms with E-state index in [0.29, 0.717) is 0 Å². The summed E-state index contributed by atoms with van der Waals surface area (Å²) in [4.78, 5) is 13.0. The van der Waals surface area contributed by atoms with E-state index in [1.807, 2.05) is 42.5 Å². The van der Waals surface area contributed by atoms with Crippen LogP contribution in [0.4, 0.5) is 0 Å². The molecular formula is C24H30N4O3. The zero-order valence-electron chi connectivity index (χ0n) is 17.9. The Labute approximate surface area is 183 Å². The monoisotopic (exact) mass is 422 g/mol. The smallest absolute Gasteiger partial charge is 0.337 e. The van der Waals surface area contributed by atoms with E-state index in [2.05, 4.69) is 16.4 Å². The number of hydrogen-bond donors (Lipinski definition) is 2. The van der Waals surface area contributed by atoms with Crippen molar-refractivity contribution in [3.63, 3.8) is 0 Å². The molecular weight excluding hydrogens is 392 g/mol. The van der Waals surface area contributed by atoms with Gasteiger partial charge in [0.2, 0.25) is 0 Å². The highest BCUT2D eigenvalue weighted by Crippen LogP contribution is 2.44. The molecule has 2 saturated heterocycles. The Kier molecular flexibility index (Phi) is 5.42. The molecule has 3 aliphatic rings. The summed E-state index contributed by atoms with van der Waals surface area (Å²) in [7, 11) is 1.75. The first kappa shape index (κ1) is 20.8. The van der Waals surface area contributed by atoms with Crippen molar-refractivity contribution in [2.24, 2.45) is 5.92 Å². The van der Waals surface area contributed by atoms with Crippen molar-refractivity contribution in [1.82, 2.24) is 15.4 Å². The second kappa shape index (κ2) is 8.09. The van der Waals surface area contributed by atoms with Crippen LogP contribution in [0.1, 0.15) is 36.4 Å². The van der Waals surface area contributed by atoms with Crippen LogP contribution in [0.15, 0.2) is 48.5 Å². The Hall–Kier alpha value is -2.13. The van der Waals surface area contributed by atoms with E-state index in [-0.39, 0.29) is 37.1 Å². The standard InChI is InChI=1S/C24H30N4O3/c1-26-27(21-11-12-25-14-21)23(15-28(26,31)24(30)18-7-8-18)22-10-9-19(13-20(22)16-29)17-5-3-2-4-6-17/h2-6,9-10,13,18,21,23,25,29H,7-8,11-12,14-16H2,1H3. The number of aliphatic hydroxyl groups is 1. The molecule has 1 aliphatic carbocycles. The SMILES string of the molecule is CN1N(C2CCNC2)C(c2ccc(-c3ccccc3)cc2CO)C[N+]1([O-])C(=O)C1CC1. The molecule has 1 amide bonds. The molecule has 7 heteroatoms. The van der Waals surface area contributed by atoms with Gasteiger partial charge in [-0.1, -0.05) is 47.6 Å². The third-order valence-corrected chi connectivity index (χ3v) is 7.00. The predicted octanol–water partition coefficient (Wildman–Crippen LogP) is 2.58. The normalized spacial score (nSPS) is 29.5. The lowest BCUT2D eigenvalue weighted by Gasteiger charge is -2.42. The van der Waals surface area contributed by atoms with Crippen LogP contribution in [-0.2, 0) is 11.4 Å². The van der Waals surface area contributed by atoms with E-state index >= 15 is 0 Å². The molecule has 31 heavy (non-hydrogen) atoms. The second-order valence-corrected chi connectivity index (χ2v) is 8.97. The van der Waals surface area contributed by atoms with Gasteiger partial charge in [-0.25, -0.2) is 4.79 Å². The molecule has 1 saturated carbocycles. The molecule has 3 atom stereocenters. The fourth-order valence-corrected chi connectivity index (χ4v) is 5.13. The predicted molar refractivity (Wildman–Crippen MR) is 118 cm³/mol. The molecule has 2 aromatic rings. The minimum Gasteiger partial charge on any atom is -0.603 e. The summed E-state index contributed by atoms with van der Waals surface area (Å²) in [5.41, 5.74) is 3.86. The van der Waals surface area contributed by atoms with Crippen molar-refractivity contribution in [2.75, 3.05) is 26.7 Å². The zero-order chi connectivity index (χ0) is 21.6. The quantitative estimate of drug-likeness (QED) is 0.570. The van der Waals surface area contributed by atoms with E-state index in [4.69, 9.17) is 0 Å². The van der Waals surface area contributed by atoms with Crippen molar-refractivity contribution < 1.29 is 14.7 Å². The zero-order valence-corrected chi connectivity index (χ0v) is 17.9. The lowest BCUT2D eigenvalue weighted by Crippen LogP contribution is -2.59. The van der Waals surface area contributed by atoms with Gasteiger partial charge in [0, 0.05) is 12.6 Å². The minimum atomic E-state index is -0.933. The van der Waals surface area contributed by atoms with Gasteiger partial charge in [-0.3, -0.25) is 0 Å². The van der Waals surface area contributed by atoms with E-state index in [1.165, 1.54) is 0 Å². The van der Waals surface area contributed by atoms with Gasteiger partial charge in [0.15, 0.2) is 0 Å². The van der Waals surface area contributed by atoms with Crippen LogP contribution in [0.5, 0.6) is 0 Å². The number of rotatable bonds is 5. The third-order valence-electron chi connectivity index (χ3n) is 7.00. The van der Waals surface area contributed by atoms with E-state index in [1.54, 1.807) is 12.2 Å². The highest BCUT2D eigenvalue weighted by atomic mass is 16.6. The van der Waals surface area contributed by atoms with Gasteiger partial charge in [-0.05, 0) is 54.1 Å². The number of nitrogens with zero attached hydrogens (tertiary/aromatic N) is 3. The number of carbonyl (C=O) groups excluding carboxylic acids is 1. The van der Waals surface area contributed by atoms with Crippen LogP contribution in [-0.4, -0.2) is 58.6 Å². The number of carbonyl (C=O) groups is 1. The first-order valence-electron chi connectivity index (χ1n) is 11.2. The van der Waals surface area contributed by atoms with Crippen molar-refractivity contribution >= 4 is 5.91 Å². The minimum absolute atomic E-state index is 0.109. The Morgan fingerprint density at radius 2 is 1.94 bits per heavy atom. The Morgan fingerprint density at radius 3 is 2.58 bits per heavy atom. The maximum absolute atomic E-state index is 13.8. The van der Waals surface area contributed by atoms with Crippen LogP contribution < -0.4 is 5.32 Å². The number of nitrogens with one attached hydrogen (secondary N) is 1. The van der Waals surface area contributed by atoms with Crippen LogP contribution in [0.25, 0.3) is 11.1 Å². The molecule has 2 N–H and O–H groups in total. The topological polar surface area (TPSA) is 78.9 Å². The average molecular weight is 423 g/mol. The Morgan fingerprint density at radius 1 is 1.16 bits per heavy atom. The van der Waals surface area contributed by atoms with Gasteiger partial charge in [0.25, 0.3) is 0 Å². The maximum Gasteiger partial charge on any atom is 0.337 e. The molecule has 7 nitrogen and oxygen atoms in total. The van der Waals surface area contributed by atoms with Crippen LogP contribution in [0.3, 0.4) is 0 Å². The fraction of sp³-hybridized carbons (Fsp3) is 0.458. The summed E-state index contributed by atoms with van der Waals surface area (Å²) in [6.45, 7) is 1.73. The molecule has 3 unspecified atom stereocenters. The van der Waals surface area contributed by atoms with E-state index < -0.39 is 4.76 Å². The molecule has 2 heterocycles. The fourth-order valence-electron chi connectivity index (χ4n) is 5.13. The van der Waals surface area contributed by atoms with Gasteiger partial charge in [-0.2, -0.15) is 9.76 Å². The van der Waals surface area contributed by atoms with Crippen LogP contribution in [0, 0.1) is 11.1 Å². The van der Waals surface area contributed by atoms with Gasteiger partial charge in [0.05, 0.1) is 19.6 Å². The van der Waals surface area contributed by atoms with Crippen LogP contribution in [0.2, 0.25) is 0 Å². The molecule has 164 valence electrons.